The van der Waals surface area contributed by atoms with Gasteiger partial charge in [0.1, 0.15) is 0 Å². The van der Waals surface area contributed by atoms with Gasteiger partial charge >= 0.3 is 5.97 Å². The molecule has 0 fully saturated rings. The van der Waals surface area contributed by atoms with Gasteiger partial charge in [0.25, 0.3) is 0 Å². The molecule has 1 atom stereocenters. The van der Waals surface area contributed by atoms with Crippen LogP contribution in [0.15, 0.2) is 24.3 Å². The highest BCUT2D eigenvalue weighted by atomic mass is 16.5. The van der Waals surface area contributed by atoms with Crippen molar-refractivity contribution in [3.63, 3.8) is 0 Å². The molecule has 1 aromatic rings. The predicted molar refractivity (Wildman–Crippen MR) is 57.4 cm³/mol. The van der Waals surface area contributed by atoms with Crippen LogP contribution in [0.4, 0.5) is 0 Å². The van der Waals surface area contributed by atoms with Gasteiger partial charge in [-0.2, -0.15) is 0 Å². The van der Waals surface area contributed by atoms with E-state index in [2.05, 4.69) is 4.74 Å². The zero-order valence-electron chi connectivity index (χ0n) is 9.06. The van der Waals surface area contributed by atoms with Crippen LogP contribution in [0.2, 0.25) is 0 Å². The summed E-state index contributed by atoms with van der Waals surface area (Å²) in [5.41, 5.74) is 1.96. The summed E-state index contributed by atoms with van der Waals surface area (Å²) in [5.74, 6) is -0.0565. The van der Waals surface area contributed by atoms with E-state index < -0.39 is 0 Å². The van der Waals surface area contributed by atoms with Crippen LogP contribution in [-0.2, 0) is 16.1 Å². The van der Waals surface area contributed by atoms with Crippen LogP contribution in [0.5, 0.6) is 0 Å². The molecule has 1 aromatic carbocycles. The number of ether oxygens (including phenoxy) is 1. The summed E-state index contributed by atoms with van der Waals surface area (Å²) in [7, 11) is 1.39. The molecule has 0 radical (unpaired) electrons. The van der Waals surface area contributed by atoms with Gasteiger partial charge in [-0.05, 0) is 17.0 Å². The summed E-state index contributed by atoms with van der Waals surface area (Å²) in [4.78, 5) is 11.1. The van der Waals surface area contributed by atoms with Gasteiger partial charge in [0, 0.05) is 0 Å². The minimum atomic E-state index is -0.200. The molecule has 0 amide bonds. The molecule has 1 N–H and O–H groups in total. The molecule has 0 aliphatic rings. The maximum atomic E-state index is 11.1. The molecule has 3 heteroatoms. The average molecular weight is 208 g/mol. The number of esters is 1. The minimum absolute atomic E-state index is 0.0473. The molecule has 0 spiro atoms. The van der Waals surface area contributed by atoms with Gasteiger partial charge in [-0.15, -0.1) is 0 Å². The van der Waals surface area contributed by atoms with Crippen molar-refractivity contribution < 1.29 is 14.6 Å². The van der Waals surface area contributed by atoms with E-state index in [1.54, 1.807) is 0 Å². The number of hydrogen-bond donors (Lipinski definition) is 1. The topological polar surface area (TPSA) is 46.5 Å². The quantitative estimate of drug-likeness (QED) is 0.768. The SMILES string of the molecule is COC(=O)C[C@H](C)c1ccc(CO)cc1. The van der Waals surface area contributed by atoms with E-state index in [0.29, 0.717) is 6.42 Å². The molecule has 0 aliphatic heterocycles. The van der Waals surface area contributed by atoms with Gasteiger partial charge in [0.2, 0.25) is 0 Å². The molecular weight excluding hydrogens is 192 g/mol. The summed E-state index contributed by atoms with van der Waals surface area (Å²) in [6, 6.07) is 7.59. The fourth-order valence-electron chi connectivity index (χ4n) is 1.40. The van der Waals surface area contributed by atoms with Crippen molar-refractivity contribution >= 4 is 5.97 Å². The highest BCUT2D eigenvalue weighted by Gasteiger charge is 2.10. The molecular formula is C12H16O3. The van der Waals surface area contributed by atoms with Crippen molar-refractivity contribution in [2.45, 2.75) is 25.9 Å². The Hall–Kier alpha value is -1.35. The number of carbonyl (C=O) groups is 1. The summed E-state index contributed by atoms with van der Waals surface area (Å²) in [6.07, 6.45) is 0.384. The second-order valence-electron chi connectivity index (χ2n) is 3.58. The van der Waals surface area contributed by atoms with Gasteiger partial charge in [-0.1, -0.05) is 31.2 Å². The van der Waals surface area contributed by atoms with Crippen LogP contribution < -0.4 is 0 Å². The molecule has 82 valence electrons. The van der Waals surface area contributed by atoms with Crippen LogP contribution in [0.25, 0.3) is 0 Å². The van der Waals surface area contributed by atoms with Crippen LogP contribution in [0.3, 0.4) is 0 Å². The van der Waals surface area contributed by atoms with Crippen LogP contribution >= 0.6 is 0 Å². The summed E-state index contributed by atoms with van der Waals surface area (Å²) >= 11 is 0. The van der Waals surface area contributed by atoms with Crippen molar-refractivity contribution in [1.82, 2.24) is 0 Å². The minimum Gasteiger partial charge on any atom is -0.469 e. The van der Waals surface area contributed by atoms with Crippen molar-refractivity contribution in [2.75, 3.05) is 7.11 Å². The van der Waals surface area contributed by atoms with Crippen LogP contribution in [0.1, 0.15) is 30.4 Å². The number of methoxy groups -OCH3 is 1. The normalized spacial score (nSPS) is 12.2. The average Bonchev–Trinajstić information content (AvgIpc) is 2.29. The monoisotopic (exact) mass is 208 g/mol. The fourth-order valence-corrected chi connectivity index (χ4v) is 1.40. The van der Waals surface area contributed by atoms with Crippen molar-refractivity contribution in [2.24, 2.45) is 0 Å². The molecule has 0 aliphatic carbocycles. The first-order valence-electron chi connectivity index (χ1n) is 4.94. The smallest absolute Gasteiger partial charge is 0.306 e. The second-order valence-corrected chi connectivity index (χ2v) is 3.58. The predicted octanol–water partition coefficient (Wildman–Crippen LogP) is 1.85. The molecule has 0 bridgehead atoms. The number of rotatable bonds is 4. The molecule has 15 heavy (non-hydrogen) atoms. The Bertz CT molecular complexity index is 316. The summed E-state index contributed by atoms with van der Waals surface area (Å²) < 4.78 is 4.61. The number of aliphatic hydroxyl groups excluding tert-OH is 1. The molecule has 1 rings (SSSR count). The second kappa shape index (κ2) is 5.51. The first kappa shape index (κ1) is 11.7. The van der Waals surface area contributed by atoms with E-state index in [9.17, 15) is 4.79 Å². The van der Waals surface area contributed by atoms with Crippen LogP contribution in [0, 0.1) is 0 Å². The Morgan fingerprint density at radius 3 is 2.47 bits per heavy atom. The molecule has 3 nitrogen and oxygen atoms in total. The largest absolute Gasteiger partial charge is 0.469 e. The zero-order valence-corrected chi connectivity index (χ0v) is 9.06. The van der Waals surface area contributed by atoms with Crippen molar-refractivity contribution in [3.05, 3.63) is 35.4 Å². The molecule has 0 heterocycles. The van der Waals surface area contributed by atoms with Crippen molar-refractivity contribution in [1.29, 1.82) is 0 Å². The summed E-state index contributed by atoms with van der Waals surface area (Å²) in [5, 5.41) is 8.88. The molecule has 0 saturated heterocycles. The highest BCUT2D eigenvalue weighted by Crippen LogP contribution is 2.19. The number of carbonyl (C=O) groups excluding carboxylic acids is 1. The number of benzene rings is 1. The van der Waals surface area contributed by atoms with Gasteiger partial charge in [-0.25, -0.2) is 0 Å². The van der Waals surface area contributed by atoms with Crippen LogP contribution in [-0.4, -0.2) is 18.2 Å². The lowest BCUT2D eigenvalue weighted by Gasteiger charge is -2.10. The first-order valence-corrected chi connectivity index (χ1v) is 4.94. The van der Waals surface area contributed by atoms with Crippen molar-refractivity contribution in [3.8, 4) is 0 Å². The van der Waals surface area contributed by atoms with Gasteiger partial charge in [0.05, 0.1) is 20.1 Å². The lowest BCUT2D eigenvalue weighted by molar-refractivity contribution is -0.140. The number of aliphatic hydroxyl groups is 1. The fraction of sp³-hybridized carbons (Fsp3) is 0.417. The van der Waals surface area contributed by atoms with Gasteiger partial charge in [0.15, 0.2) is 0 Å². The van der Waals surface area contributed by atoms with E-state index in [0.717, 1.165) is 11.1 Å². The molecule has 0 aromatic heterocycles. The number of hydrogen-bond acceptors (Lipinski definition) is 3. The Kier molecular flexibility index (Phi) is 4.31. The Morgan fingerprint density at radius 2 is 2.00 bits per heavy atom. The zero-order chi connectivity index (χ0) is 11.3. The van der Waals surface area contributed by atoms with E-state index in [-0.39, 0.29) is 18.5 Å². The van der Waals surface area contributed by atoms with E-state index in [1.165, 1.54) is 7.11 Å². The summed E-state index contributed by atoms with van der Waals surface area (Å²) in [6.45, 7) is 2.02. The third-order valence-electron chi connectivity index (χ3n) is 2.43. The lowest BCUT2D eigenvalue weighted by atomic mass is 9.97. The maximum Gasteiger partial charge on any atom is 0.306 e. The maximum absolute atomic E-state index is 11.1. The van der Waals surface area contributed by atoms with E-state index in [4.69, 9.17) is 5.11 Å². The molecule has 0 saturated carbocycles. The third kappa shape index (κ3) is 3.36. The van der Waals surface area contributed by atoms with Gasteiger partial charge < -0.3 is 9.84 Å². The van der Waals surface area contributed by atoms with E-state index >= 15 is 0 Å². The van der Waals surface area contributed by atoms with Gasteiger partial charge in [-0.3, -0.25) is 4.79 Å². The third-order valence-corrected chi connectivity index (χ3v) is 2.43. The highest BCUT2D eigenvalue weighted by molar-refractivity contribution is 5.70. The lowest BCUT2D eigenvalue weighted by Crippen LogP contribution is -2.05. The first-order chi connectivity index (χ1) is 7.17. The molecule has 0 unspecified atom stereocenters. The Balaban J connectivity index is 2.65. The Morgan fingerprint density at radius 1 is 1.40 bits per heavy atom. The van der Waals surface area contributed by atoms with E-state index in [1.807, 2.05) is 31.2 Å². The Labute approximate surface area is 89.7 Å². The standard InChI is InChI=1S/C12H16O3/c1-9(7-12(14)15-2)11-5-3-10(8-13)4-6-11/h3-6,9,13H,7-8H2,1-2H3/t9-/m0/s1.